The first-order valence-corrected chi connectivity index (χ1v) is 7.41. The zero-order chi connectivity index (χ0) is 15.5. The first-order chi connectivity index (χ1) is 9.91. The largest absolute Gasteiger partial charge is 0.490 e. The molecule has 1 aliphatic carbocycles. The SMILES string of the molecule is CC(C)NC1(C(N)=O)CCCC(Oc2ccc(F)cc2)C1. The first-order valence-electron chi connectivity index (χ1n) is 7.41. The molecule has 1 aromatic rings. The van der Waals surface area contributed by atoms with Gasteiger partial charge in [-0.2, -0.15) is 0 Å². The molecule has 1 aromatic carbocycles. The number of benzene rings is 1. The summed E-state index contributed by atoms with van der Waals surface area (Å²) in [4.78, 5) is 11.9. The number of carbonyl (C=O) groups excluding carboxylic acids is 1. The van der Waals surface area contributed by atoms with Gasteiger partial charge in [0, 0.05) is 12.5 Å². The van der Waals surface area contributed by atoms with Gasteiger partial charge in [-0.25, -0.2) is 4.39 Å². The lowest BCUT2D eigenvalue weighted by Gasteiger charge is -2.40. The van der Waals surface area contributed by atoms with E-state index in [1.165, 1.54) is 12.1 Å². The molecule has 1 saturated carbocycles. The number of hydrogen-bond acceptors (Lipinski definition) is 3. The molecule has 1 amide bonds. The molecule has 0 bridgehead atoms. The van der Waals surface area contributed by atoms with Gasteiger partial charge in [-0.05, 0) is 57.4 Å². The molecule has 3 N–H and O–H groups in total. The quantitative estimate of drug-likeness (QED) is 0.876. The Labute approximate surface area is 124 Å². The minimum Gasteiger partial charge on any atom is -0.490 e. The second-order valence-corrected chi connectivity index (χ2v) is 6.04. The Morgan fingerprint density at radius 1 is 1.43 bits per heavy atom. The van der Waals surface area contributed by atoms with Crippen molar-refractivity contribution in [3.8, 4) is 5.75 Å². The molecule has 116 valence electrons. The number of nitrogens with one attached hydrogen (secondary N) is 1. The molecular formula is C16H23FN2O2. The second-order valence-electron chi connectivity index (χ2n) is 6.04. The highest BCUT2D eigenvalue weighted by atomic mass is 19.1. The van der Waals surface area contributed by atoms with E-state index in [9.17, 15) is 9.18 Å². The van der Waals surface area contributed by atoms with E-state index in [1.807, 2.05) is 13.8 Å². The number of carbonyl (C=O) groups is 1. The predicted octanol–water partition coefficient (Wildman–Crippen LogP) is 2.37. The van der Waals surface area contributed by atoms with E-state index < -0.39 is 5.54 Å². The Kier molecular flexibility index (Phi) is 4.83. The summed E-state index contributed by atoms with van der Waals surface area (Å²) in [6.45, 7) is 3.99. The number of ether oxygens (including phenoxy) is 1. The Balaban J connectivity index is 2.08. The monoisotopic (exact) mass is 294 g/mol. The van der Waals surface area contributed by atoms with Crippen molar-refractivity contribution in [1.82, 2.24) is 5.32 Å². The maximum atomic E-state index is 12.9. The van der Waals surface area contributed by atoms with E-state index in [2.05, 4.69) is 5.32 Å². The van der Waals surface area contributed by atoms with Crippen molar-refractivity contribution in [2.75, 3.05) is 0 Å². The molecule has 0 aromatic heterocycles. The summed E-state index contributed by atoms with van der Waals surface area (Å²) < 4.78 is 18.8. The highest BCUT2D eigenvalue weighted by Crippen LogP contribution is 2.31. The van der Waals surface area contributed by atoms with Gasteiger partial charge in [0.2, 0.25) is 5.91 Å². The predicted molar refractivity (Wildman–Crippen MR) is 79.5 cm³/mol. The van der Waals surface area contributed by atoms with Crippen molar-refractivity contribution in [3.05, 3.63) is 30.1 Å². The molecule has 0 spiro atoms. The summed E-state index contributed by atoms with van der Waals surface area (Å²) in [6, 6.07) is 6.11. The molecule has 2 unspecified atom stereocenters. The maximum Gasteiger partial charge on any atom is 0.237 e. The third-order valence-corrected chi connectivity index (χ3v) is 3.86. The zero-order valence-corrected chi connectivity index (χ0v) is 12.6. The zero-order valence-electron chi connectivity index (χ0n) is 12.6. The van der Waals surface area contributed by atoms with Gasteiger partial charge >= 0.3 is 0 Å². The van der Waals surface area contributed by atoms with Crippen LogP contribution in [0, 0.1) is 5.82 Å². The third-order valence-electron chi connectivity index (χ3n) is 3.86. The molecule has 21 heavy (non-hydrogen) atoms. The summed E-state index contributed by atoms with van der Waals surface area (Å²) in [5, 5.41) is 3.30. The van der Waals surface area contributed by atoms with E-state index in [-0.39, 0.29) is 23.9 Å². The average molecular weight is 294 g/mol. The van der Waals surface area contributed by atoms with E-state index in [4.69, 9.17) is 10.5 Å². The lowest BCUT2D eigenvalue weighted by Crippen LogP contribution is -2.61. The summed E-state index contributed by atoms with van der Waals surface area (Å²) >= 11 is 0. The van der Waals surface area contributed by atoms with Gasteiger partial charge in [-0.15, -0.1) is 0 Å². The normalized spacial score (nSPS) is 25.8. The number of rotatable bonds is 5. The van der Waals surface area contributed by atoms with Crippen LogP contribution in [0.5, 0.6) is 5.75 Å². The van der Waals surface area contributed by atoms with Crippen molar-refractivity contribution in [1.29, 1.82) is 0 Å². The molecule has 5 heteroatoms. The fourth-order valence-electron chi connectivity index (χ4n) is 3.01. The van der Waals surface area contributed by atoms with Gasteiger partial charge in [0.1, 0.15) is 23.2 Å². The third kappa shape index (κ3) is 3.94. The van der Waals surface area contributed by atoms with Crippen molar-refractivity contribution in [2.45, 2.75) is 57.2 Å². The van der Waals surface area contributed by atoms with Crippen LogP contribution in [0.25, 0.3) is 0 Å². The standard InChI is InChI=1S/C16H23FN2O2/c1-11(2)19-16(15(18)20)9-3-4-14(10-16)21-13-7-5-12(17)6-8-13/h5-8,11,14,19H,3-4,9-10H2,1-2H3,(H2,18,20). The smallest absolute Gasteiger partial charge is 0.237 e. The summed E-state index contributed by atoms with van der Waals surface area (Å²) in [5.41, 5.74) is 4.91. The number of hydrogen-bond donors (Lipinski definition) is 2. The number of nitrogens with two attached hydrogens (primary N) is 1. The summed E-state index contributed by atoms with van der Waals surface area (Å²) in [6.07, 6.45) is 2.91. The molecule has 0 aliphatic heterocycles. The molecule has 4 nitrogen and oxygen atoms in total. The topological polar surface area (TPSA) is 64.3 Å². The van der Waals surface area contributed by atoms with Crippen LogP contribution in [0.15, 0.2) is 24.3 Å². The Morgan fingerprint density at radius 2 is 2.10 bits per heavy atom. The van der Waals surface area contributed by atoms with Gasteiger partial charge < -0.3 is 15.8 Å². The van der Waals surface area contributed by atoms with Gasteiger partial charge in [-0.1, -0.05) is 0 Å². The molecule has 0 saturated heterocycles. The van der Waals surface area contributed by atoms with Gasteiger partial charge in [-0.3, -0.25) is 4.79 Å². The minimum atomic E-state index is -0.711. The molecule has 1 fully saturated rings. The van der Waals surface area contributed by atoms with E-state index >= 15 is 0 Å². The van der Waals surface area contributed by atoms with Crippen molar-refractivity contribution < 1.29 is 13.9 Å². The average Bonchev–Trinajstić information content (AvgIpc) is 2.41. The lowest BCUT2D eigenvalue weighted by molar-refractivity contribution is -0.127. The molecule has 0 heterocycles. The van der Waals surface area contributed by atoms with Crippen LogP contribution in [-0.2, 0) is 4.79 Å². The van der Waals surface area contributed by atoms with E-state index in [0.717, 1.165) is 19.3 Å². The van der Waals surface area contributed by atoms with Gasteiger partial charge in [0.25, 0.3) is 0 Å². The van der Waals surface area contributed by atoms with Crippen LogP contribution in [0.1, 0.15) is 39.5 Å². The fraction of sp³-hybridized carbons (Fsp3) is 0.562. The Morgan fingerprint density at radius 3 is 2.67 bits per heavy atom. The highest BCUT2D eigenvalue weighted by Gasteiger charge is 2.42. The number of primary amides is 1. The lowest BCUT2D eigenvalue weighted by atomic mass is 9.79. The number of halogens is 1. The van der Waals surface area contributed by atoms with E-state index in [1.54, 1.807) is 12.1 Å². The Bertz CT molecular complexity index is 490. The molecule has 1 aliphatic rings. The van der Waals surface area contributed by atoms with Crippen LogP contribution >= 0.6 is 0 Å². The molecule has 0 radical (unpaired) electrons. The summed E-state index contributed by atoms with van der Waals surface area (Å²) in [7, 11) is 0. The van der Waals surface area contributed by atoms with Crippen LogP contribution in [-0.4, -0.2) is 23.6 Å². The molecular weight excluding hydrogens is 271 g/mol. The second kappa shape index (κ2) is 6.43. The Hall–Kier alpha value is -1.62. The fourth-order valence-corrected chi connectivity index (χ4v) is 3.01. The number of amides is 1. The first kappa shape index (κ1) is 15.8. The van der Waals surface area contributed by atoms with Crippen molar-refractivity contribution in [2.24, 2.45) is 5.73 Å². The minimum absolute atomic E-state index is 0.0945. The van der Waals surface area contributed by atoms with Crippen molar-refractivity contribution >= 4 is 5.91 Å². The van der Waals surface area contributed by atoms with Gasteiger partial charge in [0.05, 0.1) is 0 Å². The van der Waals surface area contributed by atoms with Crippen LogP contribution in [0.4, 0.5) is 4.39 Å². The van der Waals surface area contributed by atoms with Crippen molar-refractivity contribution in [3.63, 3.8) is 0 Å². The van der Waals surface area contributed by atoms with E-state index in [0.29, 0.717) is 12.2 Å². The summed E-state index contributed by atoms with van der Waals surface area (Å²) in [5.74, 6) is -0.00576. The van der Waals surface area contributed by atoms with Crippen LogP contribution in [0.3, 0.4) is 0 Å². The highest BCUT2D eigenvalue weighted by molar-refractivity contribution is 5.84. The molecule has 2 atom stereocenters. The van der Waals surface area contributed by atoms with Crippen LogP contribution < -0.4 is 15.8 Å². The maximum absolute atomic E-state index is 12.9. The van der Waals surface area contributed by atoms with Gasteiger partial charge in [0.15, 0.2) is 0 Å². The molecule has 2 rings (SSSR count). The van der Waals surface area contributed by atoms with Crippen LogP contribution in [0.2, 0.25) is 0 Å².